The topological polar surface area (TPSA) is 80.7 Å². The summed E-state index contributed by atoms with van der Waals surface area (Å²) in [6.45, 7) is 4.76. The summed E-state index contributed by atoms with van der Waals surface area (Å²) in [7, 11) is 5.78. The van der Waals surface area contributed by atoms with E-state index < -0.39 is 0 Å². The summed E-state index contributed by atoms with van der Waals surface area (Å²) in [5.74, 6) is 0.754. The summed E-state index contributed by atoms with van der Waals surface area (Å²) in [4.78, 5) is 16.3. The molecule has 1 aromatic heterocycles. The second-order valence-corrected chi connectivity index (χ2v) is 9.00. The molecule has 0 amide bonds. The number of nitrogens with two attached hydrogens (primary N) is 1. The summed E-state index contributed by atoms with van der Waals surface area (Å²) in [6.07, 6.45) is 7.43. The Hall–Kier alpha value is -2.38. The van der Waals surface area contributed by atoms with Crippen molar-refractivity contribution in [3.8, 4) is 5.75 Å². The molecule has 1 unspecified atom stereocenters. The van der Waals surface area contributed by atoms with Gasteiger partial charge in [0.15, 0.2) is 0 Å². The maximum Gasteiger partial charge on any atom is 0.340 e. The number of ether oxygens (including phenoxy) is 1. The normalized spacial score (nSPS) is 16.3. The van der Waals surface area contributed by atoms with Crippen LogP contribution in [0, 0.1) is 5.92 Å². The van der Waals surface area contributed by atoms with Crippen molar-refractivity contribution < 1.29 is 14.6 Å². The SMILES string of the molecule is CCOC(=O)c1c(CSC2=CC=CCC2C)n(C)c2cc(N)c(O)c(CN(C)C)c12. The molecule has 6 nitrogen and oxygen atoms in total. The Morgan fingerprint density at radius 3 is 2.80 bits per heavy atom. The highest BCUT2D eigenvalue weighted by atomic mass is 32.2. The number of hydrogen-bond donors (Lipinski definition) is 2. The zero-order valence-corrected chi connectivity index (χ0v) is 19.2. The minimum absolute atomic E-state index is 0.0281. The molecule has 1 heterocycles. The van der Waals surface area contributed by atoms with Gasteiger partial charge in [0.05, 0.1) is 23.4 Å². The lowest BCUT2D eigenvalue weighted by molar-refractivity contribution is 0.0527. The van der Waals surface area contributed by atoms with Crippen LogP contribution in [-0.2, 0) is 24.1 Å². The van der Waals surface area contributed by atoms with Crippen molar-refractivity contribution in [2.75, 3.05) is 26.4 Å². The van der Waals surface area contributed by atoms with Crippen LogP contribution >= 0.6 is 11.8 Å². The molecule has 0 spiro atoms. The van der Waals surface area contributed by atoms with E-state index in [0.717, 1.165) is 23.0 Å². The Balaban J connectivity index is 2.19. The number of aromatic nitrogens is 1. The van der Waals surface area contributed by atoms with Gasteiger partial charge >= 0.3 is 5.97 Å². The number of hydrogen-bond acceptors (Lipinski definition) is 6. The average molecular weight is 430 g/mol. The number of phenolic OH excluding ortho intramolecular Hbond substituents is 1. The van der Waals surface area contributed by atoms with Gasteiger partial charge < -0.3 is 25.0 Å². The van der Waals surface area contributed by atoms with Crippen molar-refractivity contribution >= 4 is 34.3 Å². The van der Waals surface area contributed by atoms with Gasteiger partial charge in [0, 0.05) is 36.0 Å². The molecule has 162 valence electrons. The predicted octanol–water partition coefficient (Wildman–Crippen LogP) is 4.42. The first-order valence-electron chi connectivity index (χ1n) is 10.2. The largest absolute Gasteiger partial charge is 0.505 e. The number of carbonyl (C=O) groups excluding carboxylic acids is 1. The number of aromatic hydroxyl groups is 1. The predicted molar refractivity (Wildman–Crippen MR) is 125 cm³/mol. The fraction of sp³-hybridized carbons (Fsp3) is 0.435. The summed E-state index contributed by atoms with van der Waals surface area (Å²) >= 11 is 1.74. The first-order valence-corrected chi connectivity index (χ1v) is 11.2. The molecule has 1 aliphatic rings. The second-order valence-electron chi connectivity index (χ2n) is 7.95. The Kier molecular flexibility index (Phi) is 6.83. The van der Waals surface area contributed by atoms with Gasteiger partial charge in [-0.3, -0.25) is 0 Å². The number of thioether (sulfide) groups is 1. The summed E-state index contributed by atoms with van der Waals surface area (Å²) < 4.78 is 7.43. The van der Waals surface area contributed by atoms with Crippen LogP contribution in [-0.4, -0.2) is 41.2 Å². The van der Waals surface area contributed by atoms with Gasteiger partial charge in [-0.15, -0.1) is 11.8 Å². The van der Waals surface area contributed by atoms with Gasteiger partial charge in [0.1, 0.15) is 5.75 Å². The van der Waals surface area contributed by atoms with Gasteiger partial charge in [0.2, 0.25) is 0 Å². The van der Waals surface area contributed by atoms with Crippen LogP contribution in [0.4, 0.5) is 5.69 Å². The summed E-state index contributed by atoms with van der Waals surface area (Å²) in [6, 6.07) is 1.74. The van der Waals surface area contributed by atoms with Crippen LogP contribution in [0.2, 0.25) is 0 Å². The molecule has 2 aromatic rings. The standard InChI is InChI=1S/C23H31N3O3S/c1-6-29-23(28)21-18(13-30-19-10-8-7-9-14(19)2)26(5)17-11-16(24)22(27)15(20(17)21)12-25(3)4/h7-8,10-11,14,27H,6,9,12-13,24H2,1-5H3. The number of nitrogens with zero attached hydrogens (tertiary/aromatic N) is 2. The lowest BCUT2D eigenvalue weighted by atomic mass is 10.0. The Morgan fingerprint density at radius 2 is 2.17 bits per heavy atom. The smallest absolute Gasteiger partial charge is 0.340 e. The number of esters is 1. The molecule has 0 aliphatic heterocycles. The van der Waals surface area contributed by atoms with Crippen molar-refractivity contribution in [2.24, 2.45) is 13.0 Å². The van der Waals surface area contributed by atoms with Gasteiger partial charge in [-0.2, -0.15) is 0 Å². The molecule has 3 rings (SSSR count). The number of rotatable bonds is 7. The number of fused-ring (bicyclic) bond motifs is 1. The fourth-order valence-corrected chi connectivity index (χ4v) is 5.06. The third-order valence-electron chi connectivity index (χ3n) is 5.42. The van der Waals surface area contributed by atoms with Crippen molar-refractivity contribution in [2.45, 2.75) is 32.6 Å². The highest BCUT2D eigenvalue weighted by molar-refractivity contribution is 8.02. The fourth-order valence-electron chi connectivity index (χ4n) is 3.87. The summed E-state index contributed by atoms with van der Waals surface area (Å²) in [5.41, 5.74) is 9.30. The molecule has 3 N–H and O–H groups in total. The Labute approximate surface area is 182 Å². The van der Waals surface area contributed by atoms with Crippen LogP contribution in [0.5, 0.6) is 5.75 Å². The van der Waals surface area contributed by atoms with Crippen molar-refractivity contribution in [3.05, 3.63) is 46.0 Å². The maximum atomic E-state index is 13.0. The van der Waals surface area contributed by atoms with E-state index >= 15 is 0 Å². The molecule has 1 aromatic carbocycles. The van der Waals surface area contributed by atoms with Crippen molar-refractivity contribution in [1.82, 2.24) is 9.47 Å². The minimum atomic E-state index is -0.367. The zero-order chi connectivity index (χ0) is 22.0. The van der Waals surface area contributed by atoms with Crippen LogP contribution in [0.1, 0.15) is 41.9 Å². The van der Waals surface area contributed by atoms with E-state index in [1.54, 1.807) is 24.8 Å². The van der Waals surface area contributed by atoms with Gasteiger partial charge in [-0.05, 0) is 44.3 Å². The molecular formula is C23H31N3O3S. The highest BCUT2D eigenvalue weighted by Gasteiger charge is 2.27. The van der Waals surface area contributed by atoms with Crippen LogP contribution in [0.25, 0.3) is 10.9 Å². The first kappa shape index (κ1) is 22.3. The summed E-state index contributed by atoms with van der Waals surface area (Å²) in [5, 5.41) is 11.4. The molecule has 1 atom stereocenters. The number of nitrogen functional groups attached to an aromatic ring is 1. The first-order chi connectivity index (χ1) is 14.3. The Bertz CT molecular complexity index is 1020. The van der Waals surface area contributed by atoms with Gasteiger partial charge in [-0.25, -0.2) is 4.79 Å². The molecule has 0 saturated carbocycles. The molecule has 0 radical (unpaired) electrons. The number of allylic oxidation sites excluding steroid dienone is 4. The van der Waals surface area contributed by atoms with E-state index in [0.29, 0.717) is 41.6 Å². The highest BCUT2D eigenvalue weighted by Crippen LogP contribution is 2.41. The molecule has 30 heavy (non-hydrogen) atoms. The molecule has 7 heteroatoms. The van der Waals surface area contributed by atoms with Crippen LogP contribution in [0.3, 0.4) is 0 Å². The molecule has 0 bridgehead atoms. The van der Waals surface area contributed by atoms with E-state index in [1.807, 2.05) is 30.6 Å². The number of carbonyl (C=O) groups is 1. The van der Waals surface area contributed by atoms with Gasteiger partial charge in [-0.1, -0.05) is 25.2 Å². The number of benzene rings is 1. The van der Waals surface area contributed by atoms with E-state index in [9.17, 15) is 9.90 Å². The van der Waals surface area contributed by atoms with E-state index in [2.05, 4.69) is 25.2 Å². The minimum Gasteiger partial charge on any atom is -0.505 e. The number of phenols is 1. The van der Waals surface area contributed by atoms with E-state index in [4.69, 9.17) is 10.5 Å². The lowest BCUT2D eigenvalue weighted by Crippen LogP contribution is -2.13. The second kappa shape index (κ2) is 9.18. The van der Waals surface area contributed by atoms with Crippen molar-refractivity contribution in [3.63, 3.8) is 0 Å². The van der Waals surface area contributed by atoms with Gasteiger partial charge in [0.25, 0.3) is 0 Å². The maximum absolute atomic E-state index is 13.0. The molecule has 0 fully saturated rings. The monoisotopic (exact) mass is 429 g/mol. The molecule has 0 saturated heterocycles. The third kappa shape index (κ3) is 4.23. The number of anilines is 1. The van der Waals surface area contributed by atoms with Crippen LogP contribution in [0.15, 0.2) is 29.2 Å². The van der Waals surface area contributed by atoms with E-state index in [-0.39, 0.29) is 11.7 Å². The average Bonchev–Trinajstić information content (AvgIpc) is 2.96. The zero-order valence-electron chi connectivity index (χ0n) is 18.4. The quantitative estimate of drug-likeness (QED) is 0.385. The van der Waals surface area contributed by atoms with Crippen LogP contribution < -0.4 is 5.73 Å². The third-order valence-corrected chi connectivity index (χ3v) is 6.71. The van der Waals surface area contributed by atoms with E-state index in [1.165, 1.54) is 4.91 Å². The Morgan fingerprint density at radius 1 is 1.43 bits per heavy atom. The molecular weight excluding hydrogens is 398 g/mol. The van der Waals surface area contributed by atoms with Crippen molar-refractivity contribution in [1.29, 1.82) is 0 Å². The molecule has 1 aliphatic carbocycles. The number of aryl methyl sites for hydroxylation is 1. The lowest BCUT2D eigenvalue weighted by Gasteiger charge is -2.17.